The molecule has 32 heavy (non-hydrogen) atoms. The molecule has 4 rings (SSSR count). The number of amides is 1. The molecule has 0 unspecified atom stereocenters. The Kier molecular flexibility index (Phi) is 5.98. The van der Waals surface area contributed by atoms with Crippen molar-refractivity contribution in [1.29, 1.82) is 0 Å². The van der Waals surface area contributed by atoms with Crippen LogP contribution in [0, 0.1) is 12.7 Å². The van der Waals surface area contributed by atoms with Crippen molar-refractivity contribution in [2.24, 2.45) is 0 Å². The standard InChI is InChI=1S/C23H22FN7O/c1-14-10-22(31-30-14)28-18-8-9-26-21(12-18)27-13-15-2-4-16(5-3-15)23(32)29-20-7-6-17(24)11-19(20)25/h2-12H,13,25H2,1H3,(H,29,32)(H3,26,27,28,30,31). The maximum Gasteiger partial charge on any atom is 0.255 e. The summed E-state index contributed by atoms with van der Waals surface area (Å²) in [5, 5.41) is 16.2. The Bertz CT molecular complexity index is 1240. The number of nitrogens with zero attached hydrogens (tertiary/aromatic N) is 2. The molecule has 8 nitrogen and oxygen atoms in total. The molecule has 0 spiro atoms. The zero-order valence-electron chi connectivity index (χ0n) is 17.3. The van der Waals surface area contributed by atoms with Crippen LogP contribution >= 0.6 is 0 Å². The molecule has 0 bridgehead atoms. The van der Waals surface area contributed by atoms with Gasteiger partial charge in [0.15, 0.2) is 5.82 Å². The molecule has 0 aliphatic rings. The number of halogens is 1. The predicted molar refractivity (Wildman–Crippen MR) is 123 cm³/mol. The highest BCUT2D eigenvalue weighted by Crippen LogP contribution is 2.21. The Balaban J connectivity index is 1.34. The van der Waals surface area contributed by atoms with Crippen molar-refractivity contribution in [3.05, 3.63) is 89.5 Å². The number of nitrogens with one attached hydrogen (secondary N) is 4. The molecule has 6 N–H and O–H groups in total. The number of hydrogen-bond acceptors (Lipinski definition) is 6. The van der Waals surface area contributed by atoms with Crippen molar-refractivity contribution in [2.75, 3.05) is 21.7 Å². The lowest BCUT2D eigenvalue weighted by atomic mass is 10.1. The van der Waals surface area contributed by atoms with Gasteiger partial charge in [-0.1, -0.05) is 12.1 Å². The quantitative estimate of drug-likeness (QED) is 0.276. The number of aromatic nitrogens is 3. The van der Waals surface area contributed by atoms with Gasteiger partial charge in [0, 0.05) is 41.8 Å². The number of aromatic amines is 1. The van der Waals surface area contributed by atoms with Gasteiger partial charge in [-0.25, -0.2) is 9.37 Å². The monoisotopic (exact) mass is 431 g/mol. The fourth-order valence-electron chi connectivity index (χ4n) is 3.04. The van der Waals surface area contributed by atoms with Crippen molar-refractivity contribution >= 4 is 34.6 Å². The van der Waals surface area contributed by atoms with Crippen LogP contribution in [0.4, 0.5) is 33.1 Å². The molecule has 2 aromatic heterocycles. The van der Waals surface area contributed by atoms with Crippen LogP contribution in [0.1, 0.15) is 21.6 Å². The van der Waals surface area contributed by atoms with E-state index in [2.05, 4.69) is 31.1 Å². The van der Waals surface area contributed by atoms with Crippen LogP contribution in [0.5, 0.6) is 0 Å². The molecule has 0 aliphatic heterocycles. The minimum absolute atomic E-state index is 0.172. The Labute approximate surface area is 184 Å². The van der Waals surface area contributed by atoms with Crippen LogP contribution < -0.4 is 21.7 Å². The maximum absolute atomic E-state index is 13.2. The molecule has 0 saturated heterocycles. The molecule has 0 fully saturated rings. The third kappa shape index (κ3) is 5.20. The lowest BCUT2D eigenvalue weighted by Gasteiger charge is -2.10. The number of H-pyrrole nitrogens is 1. The highest BCUT2D eigenvalue weighted by Gasteiger charge is 2.09. The van der Waals surface area contributed by atoms with Crippen LogP contribution in [0.2, 0.25) is 0 Å². The highest BCUT2D eigenvalue weighted by molar-refractivity contribution is 6.05. The molecule has 162 valence electrons. The lowest BCUT2D eigenvalue weighted by Crippen LogP contribution is -2.13. The van der Waals surface area contributed by atoms with Crippen LogP contribution in [0.15, 0.2) is 66.9 Å². The van der Waals surface area contributed by atoms with Gasteiger partial charge < -0.3 is 21.7 Å². The summed E-state index contributed by atoms with van der Waals surface area (Å²) in [6.45, 7) is 2.47. The maximum atomic E-state index is 13.2. The topological polar surface area (TPSA) is 121 Å². The summed E-state index contributed by atoms with van der Waals surface area (Å²) in [5.41, 5.74) is 9.56. The molecule has 2 aromatic carbocycles. The summed E-state index contributed by atoms with van der Waals surface area (Å²) in [4.78, 5) is 16.8. The first-order valence-corrected chi connectivity index (χ1v) is 9.90. The van der Waals surface area contributed by atoms with E-state index in [0.717, 1.165) is 22.8 Å². The molecule has 0 atom stereocenters. The molecule has 9 heteroatoms. The molecule has 2 heterocycles. The van der Waals surface area contributed by atoms with E-state index in [1.807, 2.05) is 37.3 Å². The molecular formula is C23H22FN7O. The summed E-state index contributed by atoms with van der Waals surface area (Å²) in [6.07, 6.45) is 1.71. The van der Waals surface area contributed by atoms with Gasteiger partial charge in [0.05, 0.1) is 11.4 Å². The number of nitrogen functional groups attached to an aromatic ring is 1. The van der Waals surface area contributed by atoms with Crippen molar-refractivity contribution in [2.45, 2.75) is 13.5 Å². The normalized spacial score (nSPS) is 10.6. The van der Waals surface area contributed by atoms with Gasteiger partial charge in [0.2, 0.25) is 0 Å². The zero-order chi connectivity index (χ0) is 22.5. The van der Waals surface area contributed by atoms with Crippen molar-refractivity contribution in [3.8, 4) is 0 Å². The molecule has 0 aliphatic carbocycles. The van der Waals surface area contributed by atoms with E-state index >= 15 is 0 Å². The summed E-state index contributed by atoms with van der Waals surface area (Å²) < 4.78 is 13.2. The predicted octanol–water partition coefficient (Wildman–Crippen LogP) is 4.44. The van der Waals surface area contributed by atoms with E-state index in [0.29, 0.717) is 23.6 Å². The fourth-order valence-corrected chi connectivity index (χ4v) is 3.04. The average molecular weight is 431 g/mol. The Hall–Kier alpha value is -4.40. The third-order valence-electron chi connectivity index (χ3n) is 4.69. The van der Waals surface area contributed by atoms with Crippen LogP contribution in [0.25, 0.3) is 0 Å². The van der Waals surface area contributed by atoms with Crippen LogP contribution in [0.3, 0.4) is 0 Å². The smallest absolute Gasteiger partial charge is 0.255 e. The second-order valence-electron chi connectivity index (χ2n) is 7.23. The highest BCUT2D eigenvalue weighted by atomic mass is 19.1. The van der Waals surface area contributed by atoms with Gasteiger partial charge in [-0.15, -0.1) is 0 Å². The first-order valence-electron chi connectivity index (χ1n) is 9.90. The molecule has 0 radical (unpaired) electrons. The second-order valence-corrected chi connectivity index (χ2v) is 7.23. The Morgan fingerprint density at radius 3 is 2.59 bits per heavy atom. The van der Waals surface area contributed by atoms with Crippen molar-refractivity contribution in [1.82, 2.24) is 15.2 Å². The van der Waals surface area contributed by atoms with E-state index < -0.39 is 5.82 Å². The molecular weight excluding hydrogens is 409 g/mol. The molecule has 0 saturated carbocycles. The van der Waals surface area contributed by atoms with E-state index in [1.165, 1.54) is 18.2 Å². The van der Waals surface area contributed by atoms with E-state index in [1.54, 1.807) is 18.3 Å². The number of nitrogens with two attached hydrogens (primary N) is 1. The van der Waals surface area contributed by atoms with Gasteiger partial charge in [-0.05, 0) is 48.9 Å². The zero-order valence-corrected chi connectivity index (χ0v) is 17.3. The third-order valence-corrected chi connectivity index (χ3v) is 4.69. The van der Waals surface area contributed by atoms with Crippen molar-refractivity contribution in [3.63, 3.8) is 0 Å². The SMILES string of the molecule is Cc1cc(Nc2ccnc(NCc3ccc(C(=O)Nc4ccc(F)cc4N)cc3)c2)n[nH]1. The molecule has 1 amide bonds. The number of carbonyl (C=O) groups is 1. The fraction of sp³-hybridized carbons (Fsp3) is 0.0870. The van der Waals surface area contributed by atoms with Gasteiger partial charge in [0.25, 0.3) is 5.91 Å². The number of carbonyl (C=O) groups excluding carboxylic acids is 1. The second kappa shape index (κ2) is 9.17. The number of anilines is 5. The van der Waals surface area contributed by atoms with E-state index in [-0.39, 0.29) is 11.6 Å². The Morgan fingerprint density at radius 1 is 1.06 bits per heavy atom. The Morgan fingerprint density at radius 2 is 1.88 bits per heavy atom. The minimum Gasteiger partial charge on any atom is -0.397 e. The van der Waals surface area contributed by atoms with Gasteiger partial charge >= 0.3 is 0 Å². The van der Waals surface area contributed by atoms with E-state index in [4.69, 9.17) is 5.73 Å². The van der Waals surface area contributed by atoms with Gasteiger partial charge in [0.1, 0.15) is 11.6 Å². The van der Waals surface area contributed by atoms with Crippen molar-refractivity contribution < 1.29 is 9.18 Å². The minimum atomic E-state index is -0.454. The number of aryl methyl sites for hydroxylation is 1. The summed E-state index contributed by atoms with van der Waals surface area (Å²) in [7, 11) is 0. The number of benzene rings is 2. The van der Waals surface area contributed by atoms with Gasteiger partial charge in [-0.2, -0.15) is 5.10 Å². The number of rotatable bonds is 7. The number of hydrogen-bond donors (Lipinski definition) is 5. The van der Waals surface area contributed by atoms with Gasteiger partial charge in [-0.3, -0.25) is 9.89 Å². The summed E-state index contributed by atoms with van der Waals surface area (Å²) in [5.74, 6) is 0.660. The first kappa shape index (κ1) is 20.9. The largest absolute Gasteiger partial charge is 0.397 e. The number of pyridine rings is 1. The summed E-state index contributed by atoms with van der Waals surface area (Å²) in [6, 6.07) is 16.6. The molecule has 4 aromatic rings. The van der Waals surface area contributed by atoms with Crippen LogP contribution in [-0.4, -0.2) is 21.1 Å². The average Bonchev–Trinajstić information content (AvgIpc) is 3.19. The van der Waals surface area contributed by atoms with E-state index in [9.17, 15) is 9.18 Å². The first-order chi connectivity index (χ1) is 15.5. The summed E-state index contributed by atoms with van der Waals surface area (Å²) >= 11 is 0. The lowest BCUT2D eigenvalue weighted by molar-refractivity contribution is 0.102. The van der Waals surface area contributed by atoms with Crippen LogP contribution in [-0.2, 0) is 6.54 Å².